The molecule has 4 heteroatoms. The molecule has 0 aliphatic carbocycles. The molecule has 19 heavy (non-hydrogen) atoms. The third-order valence-corrected chi connectivity index (χ3v) is 3.69. The molecule has 0 bridgehead atoms. The minimum absolute atomic E-state index is 0.116. The molecule has 0 aliphatic rings. The summed E-state index contributed by atoms with van der Waals surface area (Å²) in [7, 11) is 0. The van der Waals surface area contributed by atoms with E-state index >= 15 is 0 Å². The van der Waals surface area contributed by atoms with Gasteiger partial charge >= 0.3 is 0 Å². The number of amides is 1. The van der Waals surface area contributed by atoms with Gasteiger partial charge in [-0.1, -0.05) is 27.7 Å². The molecule has 0 saturated carbocycles. The maximum Gasteiger partial charge on any atom is 0.251 e. The van der Waals surface area contributed by atoms with E-state index in [2.05, 4.69) is 33.0 Å². The molecule has 106 valence electrons. The molecule has 0 heterocycles. The topological polar surface area (TPSA) is 55.1 Å². The number of carbonyl (C=O) groups excluding carboxylic acids is 1. The Hall–Kier alpha value is -1.58. The molecule has 1 aromatic carbocycles. The third-order valence-electron chi connectivity index (χ3n) is 3.69. The Morgan fingerprint density at radius 1 is 1.42 bits per heavy atom. The lowest BCUT2D eigenvalue weighted by Gasteiger charge is -2.27. The van der Waals surface area contributed by atoms with Gasteiger partial charge < -0.3 is 11.1 Å². The van der Waals surface area contributed by atoms with Crippen LogP contribution in [-0.2, 0) is 0 Å². The number of hydrogen-bond acceptors (Lipinski definition) is 2. The summed E-state index contributed by atoms with van der Waals surface area (Å²) in [5.41, 5.74) is 6.72. The maximum atomic E-state index is 13.5. The van der Waals surface area contributed by atoms with Crippen molar-refractivity contribution in [3.63, 3.8) is 0 Å². The average molecular weight is 266 g/mol. The van der Waals surface area contributed by atoms with Crippen LogP contribution in [0.4, 0.5) is 10.1 Å². The second-order valence-electron chi connectivity index (χ2n) is 6.15. The van der Waals surface area contributed by atoms with Gasteiger partial charge in [-0.15, -0.1) is 0 Å². The lowest BCUT2D eigenvalue weighted by atomic mass is 9.82. The monoisotopic (exact) mass is 266 g/mol. The zero-order valence-corrected chi connectivity index (χ0v) is 12.3. The highest BCUT2D eigenvalue weighted by molar-refractivity contribution is 5.95. The summed E-state index contributed by atoms with van der Waals surface area (Å²) < 4.78 is 13.5. The molecule has 1 amide bonds. The Kier molecular flexibility index (Phi) is 4.56. The van der Waals surface area contributed by atoms with E-state index in [0.29, 0.717) is 23.7 Å². The van der Waals surface area contributed by atoms with E-state index < -0.39 is 5.82 Å². The Balaban J connectivity index is 2.75. The van der Waals surface area contributed by atoms with E-state index in [0.717, 1.165) is 0 Å². The lowest BCUT2D eigenvalue weighted by molar-refractivity contribution is 0.0936. The summed E-state index contributed by atoms with van der Waals surface area (Å²) in [4.78, 5) is 12.0. The van der Waals surface area contributed by atoms with Crippen LogP contribution in [0.5, 0.6) is 0 Å². The molecule has 1 aromatic rings. The number of nitrogen functional groups attached to an aromatic ring is 1. The van der Waals surface area contributed by atoms with Gasteiger partial charge in [0.1, 0.15) is 5.82 Å². The Morgan fingerprint density at radius 2 is 2.00 bits per heavy atom. The molecule has 0 aromatic heterocycles. The minimum atomic E-state index is -0.450. The van der Waals surface area contributed by atoms with Crippen molar-refractivity contribution in [2.45, 2.75) is 34.6 Å². The van der Waals surface area contributed by atoms with Crippen molar-refractivity contribution in [2.75, 3.05) is 12.3 Å². The Labute approximate surface area is 114 Å². The van der Waals surface area contributed by atoms with Crippen molar-refractivity contribution < 1.29 is 9.18 Å². The summed E-state index contributed by atoms with van der Waals surface area (Å²) in [6.07, 6.45) is 0. The molecule has 0 radical (unpaired) electrons. The van der Waals surface area contributed by atoms with Gasteiger partial charge in [-0.3, -0.25) is 4.79 Å². The number of nitrogens with one attached hydrogen (secondary N) is 1. The van der Waals surface area contributed by atoms with Gasteiger partial charge in [-0.25, -0.2) is 4.39 Å². The fourth-order valence-corrected chi connectivity index (χ4v) is 1.49. The fraction of sp³-hybridized carbons (Fsp3) is 0.533. The van der Waals surface area contributed by atoms with Gasteiger partial charge in [0, 0.05) is 23.4 Å². The molecule has 0 saturated heterocycles. The molecule has 0 fully saturated rings. The summed E-state index contributed by atoms with van der Waals surface area (Å²) in [6.45, 7) is 10.6. The minimum Gasteiger partial charge on any atom is -0.398 e. The normalized spacial score (nSPS) is 13.2. The zero-order chi connectivity index (χ0) is 14.8. The van der Waals surface area contributed by atoms with Gasteiger partial charge in [-0.2, -0.15) is 0 Å². The zero-order valence-electron chi connectivity index (χ0n) is 12.3. The van der Waals surface area contributed by atoms with Crippen molar-refractivity contribution in [2.24, 2.45) is 11.3 Å². The van der Waals surface area contributed by atoms with Crippen LogP contribution in [0.2, 0.25) is 0 Å². The number of rotatable bonds is 3. The van der Waals surface area contributed by atoms with E-state index in [4.69, 9.17) is 5.73 Å². The second-order valence-corrected chi connectivity index (χ2v) is 6.15. The Morgan fingerprint density at radius 3 is 2.47 bits per heavy atom. The number of nitrogens with two attached hydrogens (primary N) is 1. The SMILES string of the molecule is Cc1c(N)cc(C(=O)NCC(C)C(C)(C)C)cc1F. The van der Waals surface area contributed by atoms with Crippen LogP contribution in [0.3, 0.4) is 0 Å². The van der Waals surface area contributed by atoms with Crippen molar-refractivity contribution in [3.8, 4) is 0 Å². The molecular weight excluding hydrogens is 243 g/mol. The molecule has 0 spiro atoms. The molecule has 3 N–H and O–H groups in total. The largest absolute Gasteiger partial charge is 0.398 e. The first-order valence-corrected chi connectivity index (χ1v) is 6.46. The van der Waals surface area contributed by atoms with Crippen LogP contribution < -0.4 is 11.1 Å². The van der Waals surface area contributed by atoms with Crippen LogP contribution in [-0.4, -0.2) is 12.5 Å². The van der Waals surface area contributed by atoms with E-state index in [-0.39, 0.29) is 16.9 Å². The highest BCUT2D eigenvalue weighted by atomic mass is 19.1. The molecule has 3 nitrogen and oxygen atoms in total. The first-order valence-electron chi connectivity index (χ1n) is 6.46. The van der Waals surface area contributed by atoms with Gasteiger partial charge in [0.15, 0.2) is 0 Å². The molecular formula is C15H23FN2O. The fourth-order valence-electron chi connectivity index (χ4n) is 1.49. The quantitative estimate of drug-likeness (QED) is 0.826. The first kappa shape index (κ1) is 15.5. The smallest absolute Gasteiger partial charge is 0.251 e. The molecule has 1 rings (SSSR count). The number of carbonyl (C=O) groups is 1. The van der Waals surface area contributed by atoms with Gasteiger partial charge in [-0.05, 0) is 30.4 Å². The van der Waals surface area contributed by atoms with E-state index in [1.165, 1.54) is 12.1 Å². The summed E-state index contributed by atoms with van der Waals surface area (Å²) >= 11 is 0. The third kappa shape index (κ3) is 3.94. The predicted octanol–water partition coefficient (Wildman–Crippen LogP) is 3.13. The second kappa shape index (κ2) is 5.59. The summed E-state index contributed by atoms with van der Waals surface area (Å²) in [5, 5.41) is 2.82. The van der Waals surface area contributed by atoms with Crippen LogP contribution in [0.1, 0.15) is 43.6 Å². The van der Waals surface area contributed by atoms with Crippen molar-refractivity contribution in [3.05, 3.63) is 29.1 Å². The highest BCUT2D eigenvalue weighted by Gasteiger charge is 2.20. The van der Waals surface area contributed by atoms with Crippen molar-refractivity contribution >= 4 is 11.6 Å². The van der Waals surface area contributed by atoms with Gasteiger partial charge in [0.25, 0.3) is 5.91 Å². The lowest BCUT2D eigenvalue weighted by Crippen LogP contribution is -2.33. The first-order chi connectivity index (χ1) is 8.62. The molecule has 0 aliphatic heterocycles. The van der Waals surface area contributed by atoms with E-state index in [1.54, 1.807) is 6.92 Å². The number of benzene rings is 1. The predicted molar refractivity (Wildman–Crippen MR) is 76.5 cm³/mol. The van der Waals surface area contributed by atoms with E-state index in [9.17, 15) is 9.18 Å². The number of hydrogen-bond donors (Lipinski definition) is 2. The summed E-state index contributed by atoms with van der Waals surface area (Å²) in [6, 6.07) is 2.73. The summed E-state index contributed by atoms with van der Waals surface area (Å²) in [5.74, 6) is -0.417. The average Bonchev–Trinajstić information content (AvgIpc) is 2.30. The Bertz CT molecular complexity index is 455. The number of halogens is 1. The highest BCUT2D eigenvalue weighted by Crippen LogP contribution is 2.24. The van der Waals surface area contributed by atoms with Crippen molar-refractivity contribution in [1.82, 2.24) is 5.32 Å². The van der Waals surface area contributed by atoms with Gasteiger partial charge in [0.05, 0.1) is 0 Å². The molecule has 1 unspecified atom stereocenters. The van der Waals surface area contributed by atoms with Crippen LogP contribution >= 0.6 is 0 Å². The van der Waals surface area contributed by atoms with Crippen LogP contribution in [0.25, 0.3) is 0 Å². The number of anilines is 1. The van der Waals surface area contributed by atoms with Gasteiger partial charge in [0.2, 0.25) is 0 Å². The maximum absolute atomic E-state index is 13.5. The molecule has 1 atom stereocenters. The van der Waals surface area contributed by atoms with Crippen LogP contribution in [0, 0.1) is 24.1 Å². The van der Waals surface area contributed by atoms with E-state index in [1.807, 2.05) is 0 Å². The van der Waals surface area contributed by atoms with Crippen molar-refractivity contribution in [1.29, 1.82) is 0 Å². The van der Waals surface area contributed by atoms with Crippen LogP contribution in [0.15, 0.2) is 12.1 Å². The standard InChI is InChI=1S/C15H23FN2O/c1-9(15(3,4)5)8-18-14(19)11-6-12(16)10(2)13(17)7-11/h6-7,9H,8,17H2,1-5H3,(H,18,19).